The minimum Gasteiger partial charge on any atom is -0.481 e. The summed E-state index contributed by atoms with van der Waals surface area (Å²) in [5.74, 6) is 0.904. The van der Waals surface area contributed by atoms with Gasteiger partial charge in [-0.2, -0.15) is 0 Å². The summed E-state index contributed by atoms with van der Waals surface area (Å²) >= 11 is 0. The second-order valence-electron chi connectivity index (χ2n) is 6.67. The van der Waals surface area contributed by atoms with Crippen LogP contribution in [0, 0.1) is 11.7 Å². The van der Waals surface area contributed by atoms with E-state index in [2.05, 4.69) is 5.32 Å². The molecule has 1 aliphatic carbocycles. The van der Waals surface area contributed by atoms with Crippen molar-refractivity contribution in [2.75, 3.05) is 19.6 Å². The van der Waals surface area contributed by atoms with Gasteiger partial charge in [0.2, 0.25) is 0 Å². The zero-order valence-corrected chi connectivity index (χ0v) is 13.6. The lowest BCUT2D eigenvalue weighted by molar-refractivity contribution is -0.139. The minimum atomic E-state index is -0.590. The molecular formula is C18H25FN2O2. The van der Waals surface area contributed by atoms with Crippen LogP contribution in [0.5, 0.6) is 5.75 Å². The van der Waals surface area contributed by atoms with Crippen molar-refractivity contribution in [1.29, 1.82) is 0 Å². The van der Waals surface area contributed by atoms with Crippen molar-refractivity contribution >= 4 is 5.91 Å². The molecule has 1 N–H and O–H groups in total. The van der Waals surface area contributed by atoms with Crippen molar-refractivity contribution in [1.82, 2.24) is 10.2 Å². The quantitative estimate of drug-likeness (QED) is 0.876. The first-order valence-corrected chi connectivity index (χ1v) is 8.56. The van der Waals surface area contributed by atoms with Gasteiger partial charge in [-0.3, -0.25) is 4.79 Å². The van der Waals surface area contributed by atoms with Gasteiger partial charge in [-0.15, -0.1) is 0 Å². The first-order chi connectivity index (χ1) is 11.1. The number of nitrogens with one attached hydrogen (secondary N) is 1. The molecule has 0 bridgehead atoms. The molecule has 0 radical (unpaired) electrons. The highest BCUT2D eigenvalue weighted by Gasteiger charge is 2.28. The van der Waals surface area contributed by atoms with Crippen molar-refractivity contribution < 1.29 is 13.9 Å². The summed E-state index contributed by atoms with van der Waals surface area (Å²) in [5, 5.41) is 3.61. The number of hydrogen-bond donors (Lipinski definition) is 1. The first kappa shape index (κ1) is 16.2. The van der Waals surface area contributed by atoms with Crippen LogP contribution in [-0.4, -0.2) is 42.6 Å². The molecule has 23 heavy (non-hydrogen) atoms. The Morgan fingerprint density at radius 2 is 2.09 bits per heavy atom. The fraction of sp³-hybridized carbons (Fsp3) is 0.611. The summed E-state index contributed by atoms with van der Waals surface area (Å²) in [6, 6.07) is 6.44. The van der Waals surface area contributed by atoms with Crippen LogP contribution in [0.4, 0.5) is 4.39 Å². The molecule has 1 aromatic rings. The van der Waals surface area contributed by atoms with E-state index in [1.165, 1.54) is 25.0 Å². The van der Waals surface area contributed by atoms with Crippen LogP contribution in [0.25, 0.3) is 0 Å². The SMILES string of the molecule is CC(Oc1cccc(F)c1)C(=O)N1CCC(NCC2CC2)CC1. The van der Waals surface area contributed by atoms with Gasteiger partial charge in [0.1, 0.15) is 11.6 Å². The Balaban J connectivity index is 1.44. The molecule has 1 unspecified atom stereocenters. The van der Waals surface area contributed by atoms with Crippen molar-refractivity contribution in [3.8, 4) is 5.75 Å². The fourth-order valence-electron chi connectivity index (χ4n) is 3.01. The summed E-state index contributed by atoms with van der Waals surface area (Å²) in [5.41, 5.74) is 0. The number of halogens is 1. The average molecular weight is 320 g/mol. The van der Waals surface area contributed by atoms with Gasteiger partial charge in [-0.05, 0) is 57.2 Å². The lowest BCUT2D eigenvalue weighted by atomic mass is 10.0. The first-order valence-electron chi connectivity index (χ1n) is 8.56. The van der Waals surface area contributed by atoms with E-state index in [9.17, 15) is 9.18 Å². The standard InChI is InChI=1S/C18H25FN2O2/c1-13(23-17-4-2-3-15(19)11-17)18(22)21-9-7-16(8-10-21)20-12-14-5-6-14/h2-4,11,13-14,16,20H,5-10,12H2,1H3. The Labute approximate surface area is 137 Å². The Bertz CT molecular complexity index is 540. The topological polar surface area (TPSA) is 41.6 Å². The highest BCUT2D eigenvalue weighted by Crippen LogP contribution is 2.28. The maximum Gasteiger partial charge on any atom is 0.263 e. The third-order valence-corrected chi connectivity index (χ3v) is 4.66. The van der Waals surface area contributed by atoms with Gasteiger partial charge in [-0.25, -0.2) is 4.39 Å². The van der Waals surface area contributed by atoms with Crippen LogP contribution < -0.4 is 10.1 Å². The van der Waals surface area contributed by atoms with Gasteiger partial charge in [0.05, 0.1) is 0 Å². The summed E-state index contributed by atoms with van der Waals surface area (Å²) in [4.78, 5) is 14.3. The molecule has 0 spiro atoms. The normalized spacial score (nSPS) is 20.3. The fourth-order valence-corrected chi connectivity index (χ4v) is 3.01. The zero-order valence-electron chi connectivity index (χ0n) is 13.6. The predicted molar refractivity (Wildman–Crippen MR) is 86.8 cm³/mol. The molecule has 1 saturated heterocycles. The van der Waals surface area contributed by atoms with Gasteiger partial charge in [0.15, 0.2) is 6.10 Å². The number of rotatable bonds is 6. The van der Waals surface area contributed by atoms with Crippen LogP contribution in [0.1, 0.15) is 32.6 Å². The second-order valence-corrected chi connectivity index (χ2v) is 6.67. The molecule has 1 amide bonds. The molecule has 3 rings (SSSR count). The lowest BCUT2D eigenvalue weighted by Gasteiger charge is -2.34. The van der Waals surface area contributed by atoms with Gasteiger partial charge in [0.25, 0.3) is 5.91 Å². The molecule has 126 valence electrons. The van der Waals surface area contributed by atoms with Crippen LogP contribution in [0.15, 0.2) is 24.3 Å². The molecule has 0 aromatic heterocycles. The lowest BCUT2D eigenvalue weighted by Crippen LogP contribution is -2.48. The van der Waals surface area contributed by atoms with Crippen molar-refractivity contribution in [3.63, 3.8) is 0 Å². The van der Waals surface area contributed by atoms with E-state index in [1.54, 1.807) is 19.1 Å². The Kier molecular flexibility index (Phi) is 5.16. The number of carbonyl (C=O) groups excluding carboxylic acids is 1. The number of likely N-dealkylation sites (tertiary alicyclic amines) is 1. The van der Waals surface area contributed by atoms with E-state index in [0.717, 1.165) is 38.4 Å². The number of carbonyl (C=O) groups is 1. The Morgan fingerprint density at radius 3 is 2.74 bits per heavy atom. The van der Waals surface area contributed by atoms with Gasteiger partial charge < -0.3 is 15.0 Å². The molecule has 1 aliphatic heterocycles. The number of amides is 1. The number of ether oxygens (including phenoxy) is 1. The molecule has 1 saturated carbocycles. The summed E-state index contributed by atoms with van der Waals surface area (Å²) in [6.07, 6.45) is 4.11. The monoisotopic (exact) mass is 320 g/mol. The average Bonchev–Trinajstić information content (AvgIpc) is 3.37. The largest absolute Gasteiger partial charge is 0.481 e. The number of hydrogen-bond acceptors (Lipinski definition) is 3. The third kappa shape index (κ3) is 4.67. The van der Waals surface area contributed by atoms with E-state index >= 15 is 0 Å². The van der Waals surface area contributed by atoms with Crippen LogP contribution >= 0.6 is 0 Å². The van der Waals surface area contributed by atoms with Gasteiger partial charge in [0, 0.05) is 25.2 Å². The van der Waals surface area contributed by atoms with Crippen molar-refractivity contribution in [2.45, 2.75) is 44.8 Å². The van der Waals surface area contributed by atoms with Crippen molar-refractivity contribution in [2.24, 2.45) is 5.92 Å². The zero-order chi connectivity index (χ0) is 16.2. The molecule has 1 heterocycles. The molecule has 2 aliphatic rings. The predicted octanol–water partition coefficient (Wildman–Crippen LogP) is 2.58. The van der Waals surface area contributed by atoms with Crippen LogP contribution in [-0.2, 0) is 4.79 Å². The number of piperidine rings is 1. The van der Waals surface area contributed by atoms with E-state index in [4.69, 9.17) is 4.74 Å². The Morgan fingerprint density at radius 1 is 1.35 bits per heavy atom. The molecule has 5 heteroatoms. The van der Waals surface area contributed by atoms with E-state index in [0.29, 0.717) is 11.8 Å². The number of benzene rings is 1. The van der Waals surface area contributed by atoms with E-state index in [1.807, 2.05) is 4.90 Å². The maximum atomic E-state index is 13.2. The molecule has 1 atom stereocenters. The van der Waals surface area contributed by atoms with Gasteiger partial charge in [-0.1, -0.05) is 6.07 Å². The smallest absolute Gasteiger partial charge is 0.263 e. The highest BCUT2D eigenvalue weighted by atomic mass is 19.1. The molecule has 4 nitrogen and oxygen atoms in total. The highest BCUT2D eigenvalue weighted by molar-refractivity contribution is 5.81. The summed E-state index contributed by atoms with van der Waals surface area (Å²) < 4.78 is 18.7. The van der Waals surface area contributed by atoms with E-state index < -0.39 is 6.10 Å². The van der Waals surface area contributed by atoms with Crippen LogP contribution in [0.2, 0.25) is 0 Å². The van der Waals surface area contributed by atoms with Crippen molar-refractivity contribution in [3.05, 3.63) is 30.1 Å². The van der Waals surface area contributed by atoms with E-state index in [-0.39, 0.29) is 11.7 Å². The van der Waals surface area contributed by atoms with Crippen LogP contribution in [0.3, 0.4) is 0 Å². The molecule has 2 fully saturated rings. The van der Waals surface area contributed by atoms with Gasteiger partial charge >= 0.3 is 0 Å². The summed E-state index contributed by atoms with van der Waals surface area (Å²) in [6.45, 7) is 4.37. The maximum absolute atomic E-state index is 13.2. The summed E-state index contributed by atoms with van der Waals surface area (Å²) in [7, 11) is 0. The third-order valence-electron chi connectivity index (χ3n) is 4.66. The molecule has 1 aromatic carbocycles. The number of nitrogens with zero attached hydrogens (tertiary/aromatic N) is 1. The molecular weight excluding hydrogens is 295 g/mol. The Hall–Kier alpha value is -1.62. The minimum absolute atomic E-state index is 0.0186. The second kappa shape index (κ2) is 7.30.